The zero-order chi connectivity index (χ0) is 17.2. The van der Waals surface area contributed by atoms with E-state index >= 15 is 0 Å². The summed E-state index contributed by atoms with van der Waals surface area (Å²) in [6.45, 7) is 6.76. The summed E-state index contributed by atoms with van der Waals surface area (Å²) in [6, 6.07) is 5.31. The number of halogens is 2. The van der Waals surface area contributed by atoms with Crippen molar-refractivity contribution in [2.24, 2.45) is 11.8 Å². The van der Waals surface area contributed by atoms with Crippen LogP contribution in [0.4, 0.5) is 4.79 Å². The molecule has 0 radical (unpaired) electrons. The molecular weight excluding hydrogens is 337 g/mol. The number of amides is 1. The third kappa shape index (κ3) is 4.51. The second kappa shape index (κ2) is 7.26. The summed E-state index contributed by atoms with van der Waals surface area (Å²) >= 11 is 12.4. The molecule has 3 N–H and O–H groups in total. The zero-order valence-corrected chi connectivity index (χ0v) is 15.1. The van der Waals surface area contributed by atoms with Gasteiger partial charge in [-0.1, -0.05) is 35.3 Å². The molecule has 0 aromatic heterocycles. The average Bonchev–Trinajstić information content (AvgIpc) is 2.92. The number of nitrogens with two attached hydrogens (primary N) is 1. The Bertz CT molecular complexity index is 575. The van der Waals surface area contributed by atoms with Gasteiger partial charge in [0.25, 0.3) is 0 Å². The summed E-state index contributed by atoms with van der Waals surface area (Å²) in [7, 11) is 0. The van der Waals surface area contributed by atoms with E-state index in [9.17, 15) is 4.79 Å². The molecule has 2 unspecified atom stereocenters. The number of hydrogen-bond donors (Lipinski definition) is 2. The fourth-order valence-electron chi connectivity index (χ4n) is 2.79. The minimum absolute atomic E-state index is 0.142. The number of hydrogen-bond acceptors (Lipinski definition) is 4. The van der Waals surface area contributed by atoms with Gasteiger partial charge in [-0.15, -0.1) is 0 Å². The fraction of sp³-hybridized carbons (Fsp3) is 0.562. The molecule has 128 valence electrons. The van der Waals surface area contributed by atoms with Crippen LogP contribution in [0.1, 0.15) is 38.8 Å². The quantitative estimate of drug-likeness (QED) is 0.636. The molecule has 0 aliphatic carbocycles. The lowest BCUT2D eigenvalue weighted by molar-refractivity contribution is 0.0285. The Kier molecular flexibility index (Phi) is 5.79. The maximum Gasteiger partial charge on any atom is 0.410 e. The van der Waals surface area contributed by atoms with Crippen LogP contribution in [-0.2, 0) is 4.74 Å². The Morgan fingerprint density at radius 3 is 2.74 bits per heavy atom. The number of hydrazine groups is 1. The first-order valence-corrected chi connectivity index (χ1v) is 8.36. The largest absolute Gasteiger partial charge is 0.444 e. The van der Waals surface area contributed by atoms with Crippen molar-refractivity contribution in [2.75, 3.05) is 13.1 Å². The van der Waals surface area contributed by atoms with Crippen molar-refractivity contribution < 1.29 is 9.53 Å². The Labute approximate surface area is 147 Å². The molecule has 1 aliphatic rings. The first kappa shape index (κ1) is 18.3. The molecular formula is C16H23Cl2N3O2. The van der Waals surface area contributed by atoms with Gasteiger partial charge in [-0.25, -0.2) is 4.79 Å². The molecule has 0 bridgehead atoms. The van der Waals surface area contributed by atoms with Crippen LogP contribution < -0.4 is 11.3 Å². The van der Waals surface area contributed by atoms with Gasteiger partial charge in [-0.05, 0) is 44.7 Å². The molecule has 1 aromatic carbocycles. The van der Waals surface area contributed by atoms with Crippen LogP contribution in [0.5, 0.6) is 0 Å². The summed E-state index contributed by atoms with van der Waals surface area (Å²) in [5.74, 6) is 5.88. The van der Waals surface area contributed by atoms with Crippen LogP contribution in [0.25, 0.3) is 0 Å². The van der Waals surface area contributed by atoms with E-state index in [0.717, 1.165) is 12.0 Å². The molecule has 2 rings (SSSR count). The smallest absolute Gasteiger partial charge is 0.410 e. The van der Waals surface area contributed by atoms with Gasteiger partial charge in [0.05, 0.1) is 16.1 Å². The molecule has 1 amide bonds. The van der Waals surface area contributed by atoms with Crippen LogP contribution >= 0.6 is 23.2 Å². The third-order valence-electron chi connectivity index (χ3n) is 3.84. The van der Waals surface area contributed by atoms with Gasteiger partial charge in [-0.3, -0.25) is 11.3 Å². The second-order valence-corrected chi connectivity index (χ2v) is 7.55. The third-order valence-corrected chi connectivity index (χ3v) is 4.68. The van der Waals surface area contributed by atoms with E-state index in [1.54, 1.807) is 11.0 Å². The van der Waals surface area contributed by atoms with Gasteiger partial charge in [-0.2, -0.15) is 0 Å². The predicted molar refractivity (Wildman–Crippen MR) is 92.4 cm³/mol. The summed E-state index contributed by atoms with van der Waals surface area (Å²) in [5, 5.41) is 0.985. The Balaban J connectivity index is 2.10. The number of benzene rings is 1. The highest BCUT2D eigenvalue weighted by atomic mass is 35.5. The van der Waals surface area contributed by atoms with Gasteiger partial charge in [0, 0.05) is 13.1 Å². The fourth-order valence-corrected chi connectivity index (χ4v) is 3.22. The van der Waals surface area contributed by atoms with Crippen molar-refractivity contribution in [1.82, 2.24) is 10.3 Å². The van der Waals surface area contributed by atoms with Crippen LogP contribution in [0.3, 0.4) is 0 Å². The lowest BCUT2D eigenvalue weighted by Crippen LogP contribution is -2.38. The number of nitrogens with zero attached hydrogens (tertiary/aromatic N) is 1. The minimum Gasteiger partial charge on any atom is -0.444 e. The standard InChI is InChI=1S/C16H23Cl2N3O2/c1-16(2,3)23-15(22)21-8-7-10(9-21)14(20-19)11-5-4-6-12(17)13(11)18/h4-6,10,14,20H,7-9,19H2,1-3H3. The maximum atomic E-state index is 12.2. The highest BCUT2D eigenvalue weighted by molar-refractivity contribution is 6.42. The van der Waals surface area contributed by atoms with Gasteiger partial charge < -0.3 is 9.64 Å². The predicted octanol–water partition coefficient (Wildman–Crippen LogP) is 3.75. The summed E-state index contributed by atoms with van der Waals surface area (Å²) in [6.07, 6.45) is 0.518. The van der Waals surface area contributed by atoms with Crippen LogP contribution in [0, 0.1) is 5.92 Å². The van der Waals surface area contributed by atoms with Crippen LogP contribution in [-0.4, -0.2) is 29.7 Å². The van der Waals surface area contributed by atoms with E-state index in [0.29, 0.717) is 23.1 Å². The zero-order valence-electron chi connectivity index (χ0n) is 13.6. The monoisotopic (exact) mass is 359 g/mol. The number of likely N-dealkylation sites (tertiary alicyclic amines) is 1. The van der Waals surface area contributed by atoms with E-state index in [2.05, 4.69) is 5.43 Å². The van der Waals surface area contributed by atoms with Crippen molar-refractivity contribution in [1.29, 1.82) is 0 Å². The van der Waals surface area contributed by atoms with Crippen molar-refractivity contribution in [3.05, 3.63) is 33.8 Å². The summed E-state index contributed by atoms with van der Waals surface area (Å²) in [5.41, 5.74) is 3.16. The molecule has 1 saturated heterocycles. The molecule has 1 fully saturated rings. The first-order valence-electron chi connectivity index (χ1n) is 7.61. The Morgan fingerprint density at radius 1 is 1.43 bits per heavy atom. The van der Waals surface area contributed by atoms with E-state index in [1.165, 1.54) is 0 Å². The van der Waals surface area contributed by atoms with E-state index in [1.807, 2.05) is 32.9 Å². The molecule has 7 heteroatoms. The van der Waals surface area contributed by atoms with E-state index in [-0.39, 0.29) is 18.1 Å². The molecule has 2 atom stereocenters. The van der Waals surface area contributed by atoms with Crippen molar-refractivity contribution in [2.45, 2.75) is 38.8 Å². The molecule has 23 heavy (non-hydrogen) atoms. The number of nitrogens with one attached hydrogen (secondary N) is 1. The Morgan fingerprint density at radius 2 is 2.13 bits per heavy atom. The first-order chi connectivity index (χ1) is 10.7. The van der Waals surface area contributed by atoms with E-state index < -0.39 is 5.60 Å². The lowest BCUT2D eigenvalue weighted by atomic mass is 9.93. The lowest BCUT2D eigenvalue weighted by Gasteiger charge is -2.26. The number of carbonyl (C=O) groups excluding carboxylic acids is 1. The summed E-state index contributed by atoms with van der Waals surface area (Å²) in [4.78, 5) is 13.9. The minimum atomic E-state index is -0.503. The second-order valence-electron chi connectivity index (χ2n) is 6.76. The van der Waals surface area contributed by atoms with Gasteiger partial charge in [0.15, 0.2) is 0 Å². The van der Waals surface area contributed by atoms with Crippen molar-refractivity contribution >= 4 is 29.3 Å². The molecule has 5 nitrogen and oxygen atoms in total. The maximum absolute atomic E-state index is 12.2. The van der Waals surface area contributed by atoms with Crippen molar-refractivity contribution in [3.8, 4) is 0 Å². The van der Waals surface area contributed by atoms with E-state index in [4.69, 9.17) is 33.8 Å². The topological polar surface area (TPSA) is 67.6 Å². The molecule has 0 spiro atoms. The number of carbonyl (C=O) groups is 1. The highest BCUT2D eigenvalue weighted by Crippen LogP contribution is 2.36. The van der Waals surface area contributed by atoms with Gasteiger partial charge >= 0.3 is 6.09 Å². The number of ether oxygens (including phenoxy) is 1. The van der Waals surface area contributed by atoms with Gasteiger partial charge in [0.1, 0.15) is 5.60 Å². The summed E-state index contributed by atoms with van der Waals surface area (Å²) < 4.78 is 5.42. The molecule has 1 aliphatic heterocycles. The highest BCUT2D eigenvalue weighted by Gasteiger charge is 2.35. The number of rotatable bonds is 3. The molecule has 1 aromatic rings. The Hall–Kier alpha value is -1.01. The van der Waals surface area contributed by atoms with Crippen LogP contribution in [0.2, 0.25) is 10.0 Å². The SMILES string of the molecule is CC(C)(C)OC(=O)N1CCC(C(NN)c2cccc(Cl)c2Cl)C1. The normalized spacial score (nSPS) is 19.7. The average molecular weight is 360 g/mol. The van der Waals surface area contributed by atoms with Crippen LogP contribution in [0.15, 0.2) is 18.2 Å². The molecule has 0 saturated carbocycles. The van der Waals surface area contributed by atoms with Gasteiger partial charge in [0.2, 0.25) is 0 Å². The van der Waals surface area contributed by atoms with Crippen molar-refractivity contribution in [3.63, 3.8) is 0 Å². The molecule has 1 heterocycles.